The summed E-state index contributed by atoms with van der Waals surface area (Å²) in [7, 11) is 0. The second kappa shape index (κ2) is 3.06. The molecule has 4 heteroatoms. The average molecular weight is 188 g/mol. The molecule has 2 aromatic heterocycles. The lowest BCUT2D eigenvalue weighted by Crippen LogP contribution is -2.09. The summed E-state index contributed by atoms with van der Waals surface area (Å²) < 4.78 is 2.13. The molecule has 4 nitrogen and oxygen atoms in total. The van der Waals surface area contributed by atoms with E-state index in [0.717, 1.165) is 18.7 Å². The van der Waals surface area contributed by atoms with Gasteiger partial charge < -0.3 is 9.72 Å². The van der Waals surface area contributed by atoms with Crippen molar-refractivity contribution in [2.75, 3.05) is 13.1 Å². The molecule has 1 aliphatic rings. The van der Waals surface area contributed by atoms with Gasteiger partial charge in [0, 0.05) is 36.7 Å². The highest BCUT2D eigenvalue weighted by Gasteiger charge is 2.19. The van der Waals surface area contributed by atoms with E-state index in [0.29, 0.717) is 5.92 Å². The number of hydrogen-bond donors (Lipinski definition) is 1. The van der Waals surface area contributed by atoms with E-state index in [1.165, 1.54) is 12.1 Å². The van der Waals surface area contributed by atoms with Gasteiger partial charge in [0.05, 0.1) is 6.20 Å². The molecule has 72 valence electrons. The van der Waals surface area contributed by atoms with Gasteiger partial charge in [-0.3, -0.25) is 4.98 Å². The molecule has 0 spiro atoms. The SMILES string of the molecule is c1cn2c(C3CCNC3)cnc2cn1. The second-order valence-corrected chi connectivity index (χ2v) is 3.68. The van der Waals surface area contributed by atoms with Crippen molar-refractivity contribution in [2.45, 2.75) is 12.3 Å². The molecule has 1 fully saturated rings. The molecule has 1 N–H and O–H groups in total. The smallest absolute Gasteiger partial charge is 0.155 e. The number of nitrogens with zero attached hydrogens (tertiary/aromatic N) is 3. The van der Waals surface area contributed by atoms with Crippen LogP contribution in [0.2, 0.25) is 0 Å². The monoisotopic (exact) mass is 188 g/mol. The van der Waals surface area contributed by atoms with Gasteiger partial charge in [0.15, 0.2) is 5.65 Å². The number of imidazole rings is 1. The van der Waals surface area contributed by atoms with E-state index in [9.17, 15) is 0 Å². The quantitative estimate of drug-likeness (QED) is 0.720. The van der Waals surface area contributed by atoms with Gasteiger partial charge in [-0.15, -0.1) is 0 Å². The third-order valence-corrected chi connectivity index (χ3v) is 2.82. The van der Waals surface area contributed by atoms with E-state index in [2.05, 4.69) is 19.7 Å². The Balaban J connectivity index is 2.11. The van der Waals surface area contributed by atoms with Crippen LogP contribution in [0.3, 0.4) is 0 Å². The Morgan fingerprint density at radius 3 is 3.29 bits per heavy atom. The zero-order valence-corrected chi connectivity index (χ0v) is 7.85. The van der Waals surface area contributed by atoms with Gasteiger partial charge in [0.25, 0.3) is 0 Å². The Hall–Kier alpha value is -1.42. The number of hydrogen-bond acceptors (Lipinski definition) is 3. The predicted octanol–water partition coefficient (Wildman–Crippen LogP) is 0.806. The first-order valence-electron chi connectivity index (χ1n) is 4.93. The van der Waals surface area contributed by atoms with Crippen LogP contribution in [0.25, 0.3) is 5.65 Å². The van der Waals surface area contributed by atoms with E-state index in [1.54, 1.807) is 12.4 Å². The summed E-state index contributed by atoms with van der Waals surface area (Å²) in [6.45, 7) is 2.18. The predicted molar refractivity (Wildman–Crippen MR) is 53.2 cm³/mol. The zero-order chi connectivity index (χ0) is 9.38. The van der Waals surface area contributed by atoms with Crippen molar-refractivity contribution in [3.63, 3.8) is 0 Å². The van der Waals surface area contributed by atoms with Crippen molar-refractivity contribution < 1.29 is 0 Å². The van der Waals surface area contributed by atoms with Crippen molar-refractivity contribution in [2.24, 2.45) is 0 Å². The fourth-order valence-corrected chi connectivity index (χ4v) is 2.07. The van der Waals surface area contributed by atoms with E-state index in [4.69, 9.17) is 0 Å². The van der Waals surface area contributed by atoms with Gasteiger partial charge in [-0.2, -0.15) is 0 Å². The van der Waals surface area contributed by atoms with Crippen molar-refractivity contribution in [1.29, 1.82) is 0 Å². The van der Waals surface area contributed by atoms with Gasteiger partial charge >= 0.3 is 0 Å². The van der Waals surface area contributed by atoms with E-state index in [1.807, 2.05) is 12.4 Å². The molecular formula is C10H12N4. The van der Waals surface area contributed by atoms with Gasteiger partial charge in [0.1, 0.15) is 0 Å². The maximum Gasteiger partial charge on any atom is 0.155 e. The molecule has 0 aromatic carbocycles. The van der Waals surface area contributed by atoms with Crippen molar-refractivity contribution >= 4 is 5.65 Å². The number of nitrogens with one attached hydrogen (secondary N) is 1. The van der Waals surface area contributed by atoms with E-state index >= 15 is 0 Å². The molecule has 0 saturated carbocycles. The standard InChI is InChI=1S/C10H12N4/c1-2-11-5-8(1)9-6-13-10-7-12-3-4-14(9)10/h3-4,6-8,11H,1-2,5H2. The summed E-state index contributed by atoms with van der Waals surface area (Å²) in [6.07, 6.45) is 8.76. The van der Waals surface area contributed by atoms with E-state index < -0.39 is 0 Å². The molecule has 1 aliphatic heterocycles. The topological polar surface area (TPSA) is 42.2 Å². The summed E-state index contributed by atoms with van der Waals surface area (Å²) in [4.78, 5) is 8.39. The maximum absolute atomic E-state index is 4.34. The molecule has 1 unspecified atom stereocenters. The molecule has 0 amide bonds. The van der Waals surface area contributed by atoms with Crippen LogP contribution < -0.4 is 5.32 Å². The highest BCUT2D eigenvalue weighted by atomic mass is 15.0. The summed E-state index contributed by atoms with van der Waals surface area (Å²) in [6, 6.07) is 0. The van der Waals surface area contributed by atoms with Crippen LogP contribution in [0.15, 0.2) is 24.8 Å². The molecule has 0 bridgehead atoms. The lowest BCUT2D eigenvalue weighted by atomic mass is 10.1. The summed E-state index contributed by atoms with van der Waals surface area (Å²) in [5, 5.41) is 3.37. The Bertz CT molecular complexity index is 442. The first-order chi connectivity index (χ1) is 6.95. The second-order valence-electron chi connectivity index (χ2n) is 3.68. The lowest BCUT2D eigenvalue weighted by Gasteiger charge is -2.06. The molecule has 0 radical (unpaired) electrons. The fourth-order valence-electron chi connectivity index (χ4n) is 2.07. The number of aromatic nitrogens is 3. The van der Waals surface area contributed by atoms with Gasteiger partial charge in [-0.05, 0) is 13.0 Å². The van der Waals surface area contributed by atoms with Crippen LogP contribution in [0, 0.1) is 0 Å². The third-order valence-electron chi connectivity index (χ3n) is 2.82. The Morgan fingerprint density at radius 2 is 2.43 bits per heavy atom. The van der Waals surface area contributed by atoms with Gasteiger partial charge in [0.2, 0.25) is 0 Å². The zero-order valence-electron chi connectivity index (χ0n) is 7.85. The van der Waals surface area contributed by atoms with E-state index in [-0.39, 0.29) is 0 Å². The minimum absolute atomic E-state index is 0.604. The van der Waals surface area contributed by atoms with Crippen molar-refractivity contribution in [3.8, 4) is 0 Å². The summed E-state index contributed by atoms with van der Waals surface area (Å²) in [5.41, 5.74) is 2.24. The van der Waals surface area contributed by atoms with Crippen LogP contribution in [-0.4, -0.2) is 27.5 Å². The molecule has 3 heterocycles. The van der Waals surface area contributed by atoms with Crippen LogP contribution in [-0.2, 0) is 0 Å². The molecule has 2 aromatic rings. The average Bonchev–Trinajstić information content (AvgIpc) is 2.85. The first kappa shape index (κ1) is 7.94. The van der Waals surface area contributed by atoms with Crippen molar-refractivity contribution in [1.82, 2.24) is 19.7 Å². The largest absolute Gasteiger partial charge is 0.316 e. The van der Waals surface area contributed by atoms with Gasteiger partial charge in [-0.25, -0.2) is 4.98 Å². The first-order valence-corrected chi connectivity index (χ1v) is 4.93. The third kappa shape index (κ3) is 1.11. The minimum Gasteiger partial charge on any atom is -0.316 e. The summed E-state index contributed by atoms with van der Waals surface area (Å²) >= 11 is 0. The van der Waals surface area contributed by atoms with Crippen LogP contribution in [0.4, 0.5) is 0 Å². The maximum atomic E-state index is 4.34. The van der Waals surface area contributed by atoms with Crippen LogP contribution in [0.1, 0.15) is 18.0 Å². The fraction of sp³-hybridized carbons (Fsp3) is 0.400. The normalized spacial score (nSPS) is 21.9. The Morgan fingerprint density at radius 1 is 1.43 bits per heavy atom. The molecule has 3 rings (SSSR count). The molecular weight excluding hydrogens is 176 g/mol. The lowest BCUT2D eigenvalue weighted by molar-refractivity contribution is 0.725. The minimum atomic E-state index is 0.604. The van der Waals surface area contributed by atoms with Crippen molar-refractivity contribution in [3.05, 3.63) is 30.5 Å². The Kier molecular flexibility index (Phi) is 1.73. The molecule has 1 atom stereocenters. The van der Waals surface area contributed by atoms with Gasteiger partial charge in [-0.1, -0.05) is 0 Å². The van der Waals surface area contributed by atoms with Crippen LogP contribution in [0.5, 0.6) is 0 Å². The number of fused-ring (bicyclic) bond motifs is 1. The highest BCUT2D eigenvalue weighted by molar-refractivity contribution is 5.38. The Labute approximate surface area is 82.0 Å². The molecule has 0 aliphatic carbocycles. The number of rotatable bonds is 1. The summed E-state index contributed by atoms with van der Waals surface area (Å²) in [5.74, 6) is 0.604. The molecule has 14 heavy (non-hydrogen) atoms. The van der Waals surface area contributed by atoms with Crippen LogP contribution >= 0.6 is 0 Å². The highest BCUT2D eigenvalue weighted by Crippen LogP contribution is 2.22. The molecule has 1 saturated heterocycles.